The lowest BCUT2D eigenvalue weighted by atomic mass is 10.1. The number of nitrogens with zero attached hydrogens (tertiary/aromatic N) is 2. The zero-order valence-electron chi connectivity index (χ0n) is 12.3. The highest BCUT2D eigenvalue weighted by molar-refractivity contribution is 6.01. The predicted molar refractivity (Wildman–Crippen MR) is 79.4 cm³/mol. The third kappa shape index (κ3) is 3.06. The molecule has 0 radical (unpaired) electrons. The number of amides is 1. The average molecular weight is 283 g/mol. The van der Waals surface area contributed by atoms with Crippen LogP contribution in [0.5, 0.6) is 0 Å². The Labute approximate surface area is 123 Å². The Bertz CT molecular complexity index is 716. The molecular formula is C16H17N3O2. The smallest absolute Gasteiger partial charge is 0.261 e. The van der Waals surface area contributed by atoms with E-state index in [2.05, 4.69) is 9.88 Å². The maximum absolute atomic E-state index is 11.6. The number of rotatable bonds is 4. The van der Waals surface area contributed by atoms with E-state index in [9.17, 15) is 4.79 Å². The lowest BCUT2D eigenvalue weighted by Gasteiger charge is -2.07. The van der Waals surface area contributed by atoms with E-state index in [-0.39, 0.29) is 11.5 Å². The Kier molecular flexibility index (Phi) is 4.29. The third-order valence-corrected chi connectivity index (χ3v) is 3.40. The summed E-state index contributed by atoms with van der Waals surface area (Å²) in [5.41, 5.74) is 2.99. The fourth-order valence-electron chi connectivity index (χ4n) is 2.21. The molecule has 0 aliphatic rings. The van der Waals surface area contributed by atoms with E-state index in [1.807, 2.05) is 38.1 Å². The van der Waals surface area contributed by atoms with Gasteiger partial charge in [-0.05, 0) is 43.7 Å². The SMILES string of the molecule is CNC(=O)/C(C#N)=C/c1cc(C)n(Cc2ccco2)c1C. The van der Waals surface area contributed by atoms with Gasteiger partial charge in [-0.25, -0.2) is 0 Å². The Morgan fingerprint density at radius 3 is 2.86 bits per heavy atom. The van der Waals surface area contributed by atoms with Gasteiger partial charge in [0.05, 0.1) is 12.8 Å². The second-order valence-electron chi connectivity index (χ2n) is 4.74. The van der Waals surface area contributed by atoms with Gasteiger partial charge < -0.3 is 14.3 Å². The van der Waals surface area contributed by atoms with E-state index in [0.717, 1.165) is 22.7 Å². The summed E-state index contributed by atoms with van der Waals surface area (Å²) < 4.78 is 7.45. The minimum atomic E-state index is -0.381. The Morgan fingerprint density at radius 2 is 2.29 bits per heavy atom. The normalized spacial score (nSPS) is 11.2. The van der Waals surface area contributed by atoms with Crippen molar-refractivity contribution in [1.29, 1.82) is 5.26 Å². The number of likely N-dealkylation sites (N-methyl/N-ethyl adjacent to an activating group) is 1. The number of hydrogen-bond acceptors (Lipinski definition) is 3. The third-order valence-electron chi connectivity index (χ3n) is 3.40. The molecule has 0 saturated carbocycles. The average Bonchev–Trinajstić information content (AvgIpc) is 3.08. The van der Waals surface area contributed by atoms with Crippen LogP contribution >= 0.6 is 0 Å². The first-order valence-electron chi connectivity index (χ1n) is 6.59. The van der Waals surface area contributed by atoms with Crippen LogP contribution in [0.3, 0.4) is 0 Å². The van der Waals surface area contributed by atoms with Crippen molar-refractivity contribution in [3.05, 3.63) is 52.7 Å². The summed E-state index contributed by atoms with van der Waals surface area (Å²) in [6, 6.07) is 7.65. The molecule has 2 aromatic heterocycles. The number of nitrogens with one attached hydrogen (secondary N) is 1. The second-order valence-corrected chi connectivity index (χ2v) is 4.74. The van der Waals surface area contributed by atoms with E-state index in [1.165, 1.54) is 7.05 Å². The van der Waals surface area contributed by atoms with Crippen molar-refractivity contribution in [1.82, 2.24) is 9.88 Å². The summed E-state index contributed by atoms with van der Waals surface area (Å²) in [5, 5.41) is 11.5. The van der Waals surface area contributed by atoms with Gasteiger partial charge in [0.15, 0.2) is 0 Å². The van der Waals surface area contributed by atoms with Crippen LogP contribution in [-0.4, -0.2) is 17.5 Å². The molecule has 0 fully saturated rings. The number of hydrogen-bond donors (Lipinski definition) is 1. The lowest BCUT2D eigenvalue weighted by molar-refractivity contribution is -0.116. The summed E-state index contributed by atoms with van der Waals surface area (Å²) in [6.45, 7) is 4.57. The summed E-state index contributed by atoms with van der Waals surface area (Å²) in [7, 11) is 1.51. The van der Waals surface area contributed by atoms with Crippen LogP contribution in [0, 0.1) is 25.2 Å². The maximum atomic E-state index is 11.6. The molecule has 2 aromatic rings. The molecule has 1 amide bonds. The van der Waals surface area contributed by atoms with Crippen molar-refractivity contribution in [2.75, 3.05) is 7.05 Å². The van der Waals surface area contributed by atoms with E-state index in [1.54, 1.807) is 12.3 Å². The van der Waals surface area contributed by atoms with E-state index >= 15 is 0 Å². The first kappa shape index (κ1) is 14.7. The molecule has 5 heteroatoms. The number of aryl methyl sites for hydroxylation is 1. The molecule has 21 heavy (non-hydrogen) atoms. The molecule has 0 saturated heterocycles. The number of carbonyl (C=O) groups is 1. The molecule has 2 rings (SSSR count). The number of aromatic nitrogens is 1. The minimum absolute atomic E-state index is 0.0933. The monoisotopic (exact) mass is 283 g/mol. The van der Waals surface area contributed by atoms with Crippen LogP contribution in [0.25, 0.3) is 6.08 Å². The summed E-state index contributed by atoms with van der Waals surface area (Å²) >= 11 is 0. The van der Waals surface area contributed by atoms with Crippen molar-refractivity contribution in [3.63, 3.8) is 0 Å². The molecule has 108 valence electrons. The van der Waals surface area contributed by atoms with Crippen LogP contribution in [-0.2, 0) is 11.3 Å². The van der Waals surface area contributed by atoms with Crippen LogP contribution in [0.2, 0.25) is 0 Å². The number of nitriles is 1. The standard InChI is InChI=1S/C16H17N3O2/c1-11-7-13(8-14(9-17)16(20)18-3)12(2)19(11)10-15-5-4-6-21-15/h4-8H,10H2,1-3H3,(H,18,20)/b14-8+. The van der Waals surface area contributed by atoms with E-state index < -0.39 is 0 Å². The highest BCUT2D eigenvalue weighted by atomic mass is 16.3. The van der Waals surface area contributed by atoms with Crippen LogP contribution in [0.4, 0.5) is 0 Å². The van der Waals surface area contributed by atoms with Crippen molar-refractivity contribution >= 4 is 12.0 Å². The molecule has 0 bridgehead atoms. The summed E-state index contributed by atoms with van der Waals surface area (Å²) in [6.07, 6.45) is 3.25. The highest BCUT2D eigenvalue weighted by Crippen LogP contribution is 2.20. The lowest BCUT2D eigenvalue weighted by Crippen LogP contribution is -2.19. The van der Waals surface area contributed by atoms with Crippen LogP contribution in [0.1, 0.15) is 22.7 Å². The number of carbonyl (C=O) groups excluding carboxylic acids is 1. The first-order valence-corrected chi connectivity index (χ1v) is 6.59. The van der Waals surface area contributed by atoms with Gasteiger partial charge >= 0.3 is 0 Å². The van der Waals surface area contributed by atoms with E-state index in [0.29, 0.717) is 6.54 Å². The summed E-state index contributed by atoms with van der Waals surface area (Å²) in [4.78, 5) is 11.6. The fourth-order valence-corrected chi connectivity index (χ4v) is 2.21. The maximum Gasteiger partial charge on any atom is 0.261 e. The zero-order valence-corrected chi connectivity index (χ0v) is 12.3. The van der Waals surface area contributed by atoms with Crippen LogP contribution < -0.4 is 5.32 Å². The van der Waals surface area contributed by atoms with Gasteiger partial charge in [0.25, 0.3) is 5.91 Å². The van der Waals surface area contributed by atoms with Crippen molar-refractivity contribution in [3.8, 4) is 6.07 Å². The Hall–Kier alpha value is -2.74. The Morgan fingerprint density at radius 1 is 1.52 bits per heavy atom. The largest absolute Gasteiger partial charge is 0.467 e. The molecule has 0 spiro atoms. The Balaban J connectivity index is 2.37. The van der Waals surface area contributed by atoms with Gasteiger partial charge in [0.2, 0.25) is 0 Å². The second kappa shape index (κ2) is 6.14. The van der Waals surface area contributed by atoms with Gasteiger partial charge in [-0.15, -0.1) is 0 Å². The van der Waals surface area contributed by atoms with Gasteiger partial charge in [-0.2, -0.15) is 5.26 Å². The molecule has 5 nitrogen and oxygen atoms in total. The topological polar surface area (TPSA) is 71.0 Å². The quantitative estimate of drug-likeness (QED) is 0.692. The molecule has 1 N–H and O–H groups in total. The van der Waals surface area contributed by atoms with Gasteiger partial charge in [-0.3, -0.25) is 4.79 Å². The van der Waals surface area contributed by atoms with Crippen LogP contribution in [0.15, 0.2) is 34.5 Å². The van der Waals surface area contributed by atoms with Gasteiger partial charge in [-0.1, -0.05) is 0 Å². The zero-order chi connectivity index (χ0) is 15.4. The number of furan rings is 1. The first-order chi connectivity index (χ1) is 10.1. The van der Waals surface area contributed by atoms with Gasteiger partial charge in [0.1, 0.15) is 17.4 Å². The molecule has 2 heterocycles. The molecular weight excluding hydrogens is 266 g/mol. The molecule has 0 aliphatic carbocycles. The van der Waals surface area contributed by atoms with Crippen molar-refractivity contribution < 1.29 is 9.21 Å². The molecule has 0 aliphatic heterocycles. The molecule has 0 unspecified atom stereocenters. The highest BCUT2D eigenvalue weighted by Gasteiger charge is 2.12. The fraction of sp³-hybridized carbons (Fsp3) is 0.250. The molecule has 0 atom stereocenters. The van der Waals surface area contributed by atoms with Crippen molar-refractivity contribution in [2.24, 2.45) is 0 Å². The predicted octanol–water partition coefficient (Wildman–Crippen LogP) is 2.40. The van der Waals surface area contributed by atoms with Crippen molar-refractivity contribution in [2.45, 2.75) is 20.4 Å². The minimum Gasteiger partial charge on any atom is -0.467 e. The molecule has 0 aromatic carbocycles. The summed E-state index contributed by atoms with van der Waals surface area (Å²) in [5.74, 6) is 0.479. The van der Waals surface area contributed by atoms with E-state index in [4.69, 9.17) is 9.68 Å². The van der Waals surface area contributed by atoms with Gasteiger partial charge in [0, 0.05) is 18.4 Å².